The van der Waals surface area contributed by atoms with E-state index in [0.717, 1.165) is 25.5 Å². The zero-order chi connectivity index (χ0) is 19.1. The van der Waals surface area contributed by atoms with Gasteiger partial charge in [-0.1, -0.05) is 48.5 Å². The van der Waals surface area contributed by atoms with Gasteiger partial charge in [-0.3, -0.25) is 9.79 Å². The number of rotatable bonds is 6. The summed E-state index contributed by atoms with van der Waals surface area (Å²) >= 11 is 0. The van der Waals surface area contributed by atoms with Gasteiger partial charge in [-0.25, -0.2) is 0 Å². The molecule has 1 aliphatic heterocycles. The fourth-order valence-corrected chi connectivity index (χ4v) is 3.25. The van der Waals surface area contributed by atoms with E-state index in [0.29, 0.717) is 19.5 Å². The zero-order valence-electron chi connectivity index (χ0n) is 16.6. The summed E-state index contributed by atoms with van der Waals surface area (Å²) in [6.07, 6.45) is 1.67. The summed E-state index contributed by atoms with van der Waals surface area (Å²) in [5.41, 5.74) is 4.90. The molecule has 1 fully saturated rings. The van der Waals surface area contributed by atoms with Crippen molar-refractivity contribution < 1.29 is 4.79 Å². The zero-order valence-corrected chi connectivity index (χ0v) is 18.9. The Labute approximate surface area is 184 Å². The van der Waals surface area contributed by atoms with Crippen molar-refractivity contribution in [3.8, 4) is 0 Å². The monoisotopic (exact) mass is 492 g/mol. The molecule has 2 aromatic rings. The Kier molecular flexibility index (Phi) is 8.76. The Morgan fingerprint density at radius 1 is 1.04 bits per heavy atom. The van der Waals surface area contributed by atoms with Crippen LogP contribution in [0.5, 0.6) is 0 Å². The van der Waals surface area contributed by atoms with Crippen molar-refractivity contribution in [2.24, 2.45) is 4.99 Å². The fraction of sp³-hybridized carbons (Fsp3) is 0.364. The molecule has 1 amide bonds. The quantitative estimate of drug-likeness (QED) is 0.368. The number of hydrogen-bond donors (Lipinski definition) is 2. The van der Waals surface area contributed by atoms with Crippen LogP contribution in [0.2, 0.25) is 0 Å². The number of hydrogen-bond acceptors (Lipinski definition) is 2. The molecular formula is C22H29IN4O. The summed E-state index contributed by atoms with van der Waals surface area (Å²) in [6.45, 7) is 5.16. The highest BCUT2D eigenvalue weighted by atomic mass is 127. The number of guanidine groups is 1. The molecule has 0 aliphatic carbocycles. The van der Waals surface area contributed by atoms with E-state index < -0.39 is 0 Å². The minimum atomic E-state index is 0. The van der Waals surface area contributed by atoms with Crippen LogP contribution in [0.3, 0.4) is 0 Å². The summed E-state index contributed by atoms with van der Waals surface area (Å²) in [4.78, 5) is 18.0. The topological polar surface area (TPSA) is 56.7 Å². The van der Waals surface area contributed by atoms with Crippen LogP contribution in [0.4, 0.5) is 0 Å². The normalized spacial score (nSPS) is 14.0. The molecule has 6 heteroatoms. The molecular weight excluding hydrogens is 463 g/mol. The van der Waals surface area contributed by atoms with Crippen molar-refractivity contribution in [2.75, 3.05) is 13.6 Å². The van der Waals surface area contributed by atoms with E-state index in [1.807, 2.05) is 4.90 Å². The molecule has 0 saturated carbocycles. The number of halogens is 1. The minimum absolute atomic E-state index is 0. The van der Waals surface area contributed by atoms with Gasteiger partial charge in [0.25, 0.3) is 0 Å². The van der Waals surface area contributed by atoms with Gasteiger partial charge in [0, 0.05) is 39.6 Å². The Balaban J connectivity index is 0.00000280. The summed E-state index contributed by atoms with van der Waals surface area (Å²) in [7, 11) is 1.78. The standard InChI is InChI=1S/C22H28N4O.HI/c1-17-6-3-4-7-20(17)15-25-22(23-2)24-14-18-9-11-19(12-10-18)16-26-13-5-8-21(26)27;/h3-4,6-7,9-12H,5,8,13-16H2,1-2H3,(H2,23,24,25);1H. The lowest BCUT2D eigenvalue weighted by Gasteiger charge is -2.16. The van der Waals surface area contributed by atoms with E-state index in [1.165, 1.54) is 22.3 Å². The predicted octanol–water partition coefficient (Wildman–Crippen LogP) is 3.60. The first kappa shape index (κ1) is 22.2. The number of nitrogens with one attached hydrogen (secondary N) is 2. The number of benzene rings is 2. The Hall–Kier alpha value is -2.09. The summed E-state index contributed by atoms with van der Waals surface area (Å²) in [6, 6.07) is 16.8. The molecule has 0 unspecified atom stereocenters. The van der Waals surface area contributed by atoms with Gasteiger partial charge in [-0.15, -0.1) is 24.0 Å². The summed E-state index contributed by atoms with van der Waals surface area (Å²) in [5.74, 6) is 1.05. The summed E-state index contributed by atoms with van der Waals surface area (Å²) < 4.78 is 0. The SMILES string of the molecule is CN=C(NCc1ccc(CN2CCCC2=O)cc1)NCc1ccccc1C.I. The number of aliphatic imine (C=N–C) groups is 1. The van der Waals surface area contributed by atoms with Crippen LogP contribution in [-0.4, -0.2) is 30.4 Å². The van der Waals surface area contributed by atoms with E-state index >= 15 is 0 Å². The van der Waals surface area contributed by atoms with E-state index in [-0.39, 0.29) is 29.9 Å². The van der Waals surface area contributed by atoms with Gasteiger partial charge in [0.15, 0.2) is 5.96 Å². The van der Waals surface area contributed by atoms with Crippen LogP contribution < -0.4 is 10.6 Å². The van der Waals surface area contributed by atoms with Gasteiger partial charge in [0.05, 0.1) is 0 Å². The lowest BCUT2D eigenvalue weighted by atomic mass is 10.1. The van der Waals surface area contributed by atoms with Crippen molar-refractivity contribution >= 4 is 35.8 Å². The molecule has 2 N–H and O–H groups in total. The minimum Gasteiger partial charge on any atom is -0.352 e. The Morgan fingerprint density at radius 2 is 1.71 bits per heavy atom. The molecule has 2 aromatic carbocycles. The first-order chi connectivity index (χ1) is 13.2. The number of nitrogens with zero attached hydrogens (tertiary/aromatic N) is 2. The molecule has 28 heavy (non-hydrogen) atoms. The van der Waals surface area contributed by atoms with Crippen LogP contribution in [0.1, 0.15) is 35.1 Å². The maximum Gasteiger partial charge on any atom is 0.222 e. The third-order valence-corrected chi connectivity index (χ3v) is 4.96. The molecule has 0 spiro atoms. The second-order valence-electron chi connectivity index (χ2n) is 6.94. The van der Waals surface area contributed by atoms with Gasteiger partial charge >= 0.3 is 0 Å². The van der Waals surface area contributed by atoms with Crippen molar-refractivity contribution in [2.45, 2.75) is 39.4 Å². The molecule has 150 valence electrons. The predicted molar refractivity (Wildman–Crippen MR) is 125 cm³/mol. The second-order valence-corrected chi connectivity index (χ2v) is 6.94. The molecule has 5 nitrogen and oxygen atoms in total. The molecule has 1 heterocycles. The largest absolute Gasteiger partial charge is 0.352 e. The molecule has 0 bridgehead atoms. The number of amides is 1. The first-order valence-electron chi connectivity index (χ1n) is 9.50. The highest BCUT2D eigenvalue weighted by molar-refractivity contribution is 14.0. The average molecular weight is 492 g/mol. The Morgan fingerprint density at radius 3 is 2.36 bits per heavy atom. The van der Waals surface area contributed by atoms with E-state index in [4.69, 9.17) is 0 Å². The van der Waals surface area contributed by atoms with Crippen LogP contribution in [0.15, 0.2) is 53.5 Å². The van der Waals surface area contributed by atoms with E-state index in [2.05, 4.69) is 71.1 Å². The molecule has 0 radical (unpaired) electrons. The van der Waals surface area contributed by atoms with Gasteiger partial charge in [-0.2, -0.15) is 0 Å². The molecule has 3 rings (SSSR count). The van der Waals surface area contributed by atoms with Crippen LogP contribution >= 0.6 is 24.0 Å². The van der Waals surface area contributed by atoms with E-state index in [1.54, 1.807) is 7.05 Å². The first-order valence-corrected chi connectivity index (χ1v) is 9.50. The maximum atomic E-state index is 11.7. The van der Waals surface area contributed by atoms with Crippen LogP contribution in [0.25, 0.3) is 0 Å². The second kappa shape index (κ2) is 11.0. The maximum absolute atomic E-state index is 11.7. The van der Waals surface area contributed by atoms with Gasteiger partial charge in [0.2, 0.25) is 5.91 Å². The lowest BCUT2D eigenvalue weighted by molar-refractivity contribution is -0.128. The lowest BCUT2D eigenvalue weighted by Crippen LogP contribution is -2.36. The third kappa shape index (κ3) is 6.22. The highest BCUT2D eigenvalue weighted by Crippen LogP contribution is 2.14. The van der Waals surface area contributed by atoms with Crippen LogP contribution in [-0.2, 0) is 24.4 Å². The smallest absolute Gasteiger partial charge is 0.222 e. The Bertz CT molecular complexity index is 804. The van der Waals surface area contributed by atoms with Crippen molar-refractivity contribution in [3.05, 3.63) is 70.8 Å². The molecule has 1 aliphatic rings. The highest BCUT2D eigenvalue weighted by Gasteiger charge is 2.19. The van der Waals surface area contributed by atoms with Gasteiger partial charge < -0.3 is 15.5 Å². The third-order valence-electron chi connectivity index (χ3n) is 4.96. The number of aryl methyl sites for hydroxylation is 1. The number of carbonyl (C=O) groups excluding carboxylic acids is 1. The average Bonchev–Trinajstić information content (AvgIpc) is 3.09. The van der Waals surface area contributed by atoms with Gasteiger partial charge in [0.1, 0.15) is 0 Å². The molecule has 0 atom stereocenters. The fourth-order valence-electron chi connectivity index (χ4n) is 3.25. The van der Waals surface area contributed by atoms with Crippen LogP contribution in [0, 0.1) is 6.92 Å². The molecule has 0 aromatic heterocycles. The number of likely N-dealkylation sites (tertiary alicyclic amines) is 1. The molecule has 1 saturated heterocycles. The van der Waals surface area contributed by atoms with Crippen molar-refractivity contribution in [3.63, 3.8) is 0 Å². The van der Waals surface area contributed by atoms with Gasteiger partial charge in [-0.05, 0) is 35.6 Å². The van der Waals surface area contributed by atoms with Crippen molar-refractivity contribution in [1.29, 1.82) is 0 Å². The van der Waals surface area contributed by atoms with Crippen molar-refractivity contribution in [1.82, 2.24) is 15.5 Å². The number of carbonyl (C=O) groups is 1. The van der Waals surface area contributed by atoms with E-state index in [9.17, 15) is 4.79 Å². The summed E-state index contributed by atoms with van der Waals surface area (Å²) in [5, 5.41) is 6.71.